The van der Waals surface area contributed by atoms with Gasteiger partial charge in [-0.1, -0.05) is 18.2 Å². The lowest BCUT2D eigenvalue weighted by Gasteiger charge is -2.13. The third-order valence-corrected chi connectivity index (χ3v) is 2.91. The topological polar surface area (TPSA) is 54.4 Å². The summed E-state index contributed by atoms with van der Waals surface area (Å²) in [6.07, 6.45) is 4.00. The van der Waals surface area contributed by atoms with Crippen LogP contribution in [0.2, 0.25) is 0 Å². The molecule has 0 aliphatic heterocycles. The van der Waals surface area contributed by atoms with Crippen LogP contribution in [0.5, 0.6) is 5.75 Å². The number of aliphatic hydroxyl groups excluding tert-OH is 1. The van der Waals surface area contributed by atoms with Gasteiger partial charge in [0.2, 0.25) is 0 Å². The number of ether oxygens (including phenoxy) is 1. The summed E-state index contributed by atoms with van der Waals surface area (Å²) in [5, 5.41) is 13.0. The lowest BCUT2D eigenvalue weighted by atomic mass is 10.2. The van der Waals surface area contributed by atoms with Gasteiger partial charge in [0.15, 0.2) is 0 Å². The lowest BCUT2D eigenvalue weighted by Crippen LogP contribution is -2.32. The number of pyridine rings is 1. The minimum absolute atomic E-state index is 0.298. The number of rotatable bonds is 8. The molecule has 0 saturated heterocycles. The number of benzene rings is 1. The molecular weight excluding hydrogens is 252 g/mol. The number of aliphatic hydroxyl groups is 1. The van der Waals surface area contributed by atoms with Crippen molar-refractivity contribution in [3.05, 3.63) is 60.4 Å². The predicted octanol–water partition coefficient (Wildman–Crippen LogP) is 1.65. The van der Waals surface area contributed by atoms with Crippen LogP contribution in [-0.4, -0.2) is 35.9 Å². The monoisotopic (exact) mass is 272 g/mol. The zero-order valence-corrected chi connectivity index (χ0v) is 11.4. The van der Waals surface area contributed by atoms with Gasteiger partial charge in [0.1, 0.15) is 18.5 Å². The molecule has 0 fully saturated rings. The molecule has 0 aliphatic rings. The van der Waals surface area contributed by atoms with Crippen molar-refractivity contribution >= 4 is 0 Å². The standard InChI is InChI=1S/C16H20N2O2/c19-15(13-20-16-4-2-1-3-5-16)12-18-11-8-14-6-9-17-10-7-14/h1-7,9-10,15,18-19H,8,11-13H2. The van der Waals surface area contributed by atoms with Gasteiger partial charge in [0.25, 0.3) is 0 Å². The molecule has 0 spiro atoms. The fraction of sp³-hybridized carbons (Fsp3) is 0.312. The summed E-state index contributed by atoms with van der Waals surface area (Å²) >= 11 is 0. The number of para-hydroxylation sites is 1. The van der Waals surface area contributed by atoms with E-state index in [1.165, 1.54) is 5.56 Å². The summed E-state index contributed by atoms with van der Waals surface area (Å²) in [7, 11) is 0. The number of nitrogens with one attached hydrogen (secondary N) is 1. The molecule has 20 heavy (non-hydrogen) atoms. The Morgan fingerprint density at radius 3 is 2.60 bits per heavy atom. The minimum Gasteiger partial charge on any atom is -0.491 e. The number of hydrogen-bond donors (Lipinski definition) is 2. The number of hydrogen-bond acceptors (Lipinski definition) is 4. The van der Waals surface area contributed by atoms with E-state index in [0.29, 0.717) is 13.2 Å². The van der Waals surface area contributed by atoms with Crippen molar-refractivity contribution in [2.24, 2.45) is 0 Å². The molecule has 4 nitrogen and oxygen atoms in total. The Labute approximate surface area is 119 Å². The summed E-state index contributed by atoms with van der Waals surface area (Å²) in [5.41, 5.74) is 1.24. The van der Waals surface area contributed by atoms with Gasteiger partial charge in [-0.3, -0.25) is 4.98 Å². The highest BCUT2D eigenvalue weighted by molar-refractivity contribution is 5.20. The maximum atomic E-state index is 9.81. The molecule has 1 heterocycles. The molecule has 1 atom stereocenters. The second kappa shape index (κ2) is 8.30. The van der Waals surface area contributed by atoms with E-state index in [2.05, 4.69) is 10.3 Å². The summed E-state index contributed by atoms with van der Waals surface area (Å²) in [6.45, 7) is 1.65. The lowest BCUT2D eigenvalue weighted by molar-refractivity contribution is 0.106. The fourth-order valence-corrected chi connectivity index (χ4v) is 1.82. The van der Waals surface area contributed by atoms with Crippen LogP contribution in [-0.2, 0) is 6.42 Å². The van der Waals surface area contributed by atoms with Gasteiger partial charge >= 0.3 is 0 Å². The summed E-state index contributed by atoms with van der Waals surface area (Å²) in [5.74, 6) is 0.781. The van der Waals surface area contributed by atoms with Crippen LogP contribution >= 0.6 is 0 Å². The third-order valence-electron chi connectivity index (χ3n) is 2.91. The van der Waals surface area contributed by atoms with Gasteiger partial charge in [-0.25, -0.2) is 0 Å². The van der Waals surface area contributed by atoms with Crippen LogP contribution in [0.15, 0.2) is 54.9 Å². The van der Waals surface area contributed by atoms with Crippen molar-refractivity contribution in [1.82, 2.24) is 10.3 Å². The van der Waals surface area contributed by atoms with Gasteiger partial charge in [-0.2, -0.15) is 0 Å². The van der Waals surface area contributed by atoms with Gasteiger partial charge in [0.05, 0.1) is 0 Å². The van der Waals surface area contributed by atoms with Crippen LogP contribution in [0.1, 0.15) is 5.56 Å². The highest BCUT2D eigenvalue weighted by Crippen LogP contribution is 2.08. The molecule has 2 rings (SSSR count). The first kappa shape index (κ1) is 14.5. The molecule has 1 aromatic carbocycles. The van der Waals surface area contributed by atoms with E-state index in [-0.39, 0.29) is 0 Å². The smallest absolute Gasteiger partial charge is 0.119 e. The van der Waals surface area contributed by atoms with Crippen LogP contribution in [0, 0.1) is 0 Å². The van der Waals surface area contributed by atoms with E-state index in [4.69, 9.17) is 4.74 Å². The van der Waals surface area contributed by atoms with E-state index in [1.54, 1.807) is 12.4 Å². The molecule has 106 valence electrons. The molecular formula is C16H20N2O2. The van der Waals surface area contributed by atoms with E-state index >= 15 is 0 Å². The molecule has 0 saturated carbocycles. The molecule has 2 aromatic rings. The quantitative estimate of drug-likeness (QED) is 0.718. The maximum Gasteiger partial charge on any atom is 0.119 e. The van der Waals surface area contributed by atoms with Crippen molar-refractivity contribution in [3.63, 3.8) is 0 Å². The first-order valence-electron chi connectivity index (χ1n) is 6.80. The van der Waals surface area contributed by atoms with E-state index in [0.717, 1.165) is 18.7 Å². The van der Waals surface area contributed by atoms with E-state index in [1.807, 2.05) is 42.5 Å². The van der Waals surface area contributed by atoms with Crippen LogP contribution in [0.25, 0.3) is 0 Å². The molecule has 4 heteroatoms. The molecule has 0 radical (unpaired) electrons. The van der Waals surface area contributed by atoms with Crippen molar-refractivity contribution in [2.75, 3.05) is 19.7 Å². The first-order valence-corrected chi connectivity index (χ1v) is 6.80. The Balaban J connectivity index is 1.57. The van der Waals surface area contributed by atoms with Crippen molar-refractivity contribution < 1.29 is 9.84 Å². The molecule has 0 amide bonds. The van der Waals surface area contributed by atoms with Crippen LogP contribution in [0.4, 0.5) is 0 Å². The zero-order chi connectivity index (χ0) is 14.0. The van der Waals surface area contributed by atoms with E-state index in [9.17, 15) is 5.11 Å². The summed E-state index contributed by atoms with van der Waals surface area (Å²) < 4.78 is 5.48. The maximum absolute atomic E-state index is 9.81. The van der Waals surface area contributed by atoms with Gasteiger partial charge in [-0.15, -0.1) is 0 Å². The SMILES string of the molecule is OC(CNCCc1ccncc1)COc1ccccc1. The zero-order valence-electron chi connectivity index (χ0n) is 11.4. The predicted molar refractivity (Wildman–Crippen MR) is 78.8 cm³/mol. The Hall–Kier alpha value is -1.91. The first-order chi connectivity index (χ1) is 9.84. The highest BCUT2D eigenvalue weighted by Gasteiger charge is 2.04. The molecule has 1 unspecified atom stereocenters. The molecule has 2 N–H and O–H groups in total. The number of aromatic nitrogens is 1. The normalized spacial score (nSPS) is 12.1. The fourth-order valence-electron chi connectivity index (χ4n) is 1.82. The van der Waals surface area contributed by atoms with E-state index < -0.39 is 6.10 Å². The molecule has 0 aliphatic carbocycles. The molecule has 0 bridgehead atoms. The Morgan fingerprint density at radius 1 is 1.10 bits per heavy atom. The Bertz CT molecular complexity index is 476. The largest absolute Gasteiger partial charge is 0.491 e. The third kappa shape index (κ3) is 5.38. The average molecular weight is 272 g/mol. The summed E-state index contributed by atoms with van der Waals surface area (Å²) in [4.78, 5) is 3.98. The Morgan fingerprint density at radius 2 is 1.85 bits per heavy atom. The number of nitrogens with zero attached hydrogens (tertiary/aromatic N) is 1. The van der Waals surface area contributed by atoms with Crippen molar-refractivity contribution in [1.29, 1.82) is 0 Å². The molecule has 1 aromatic heterocycles. The highest BCUT2D eigenvalue weighted by atomic mass is 16.5. The summed E-state index contributed by atoms with van der Waals surface area (Å²) in [6, 6.07) is 13.5. The second-order valence-electron chi connectivity index (χ2n) is 4.59. The minimum atomic E-state index is -0.507. The van der Waals surface area contributed by atoms with Gasteiger partial charge in [0, 0.05) is 18.9 Å². The van der Waals surface area contributed by atoms with Crippen LogP contribution < -0.4 is 10.1 Å². The van der Waals surface area contributed by atoms with Gasteiger partial charge < -0.3 is 15.2 Å². The van der Waals surface area contributed by atoms with Crippen molar-refractivity contribution in [2.45, 2.75) is 12.5 Å². The van der Waals surface area contributed by atoms with Crippen molar-refractivity contribution in [3.8, 4) is 5.75 Å². The Kier molecular flexibility index (Phi) is 6.02. The van der Waals surface area contributed by atoms with Crippen LogP contribution in [0.3, 0.4) is 0 Å². The average Bonchev–Trinajstić information content (AvgIpc) is 2.52. The second-order valence-corrected chi connectivity index (χ2v) is 4.59. The van der Waals surface area contributed by atoms with Gasteiger partial charge in [-0.05, 0) is 42.8 Å².